The highest BCUT2D eigenvalue weighted by Crippen LogP contribution is 2.41. The Morgan fingerprint density at radius 2 is 1.72 bits per heavy atom. The molecule has 0 bridgehead atoms. The van der Waals surface area contributed by atoms with E-state index in [2.05, 4.69) is 10.2 Å². The van der Waals surface area contributed by atoms with E-state index < -0.39 is 12.1 Å². The van der Waals surface area contributed by atoms with Gasteiger partial charge in [0.15, 0.2) is 11.5 Å². The lowest BCUT2D eigenvalue weighted by Crippen LogP contribution is -2.38. The lowest BCUT2D eigenvalue weighted by molar-refractivity contribution is -0.157. The van der Waals surface area contributed by atoms with Crippen LogP contribution in [0.15, 0.2) is 16.5 Å². The zero-order valence-electron chi connectivity index (χ0n) is 16.1. The maximum atomic E-state index is 13.0. The van der Waals surface area contributed by atoms with Crippen molar-refractivity contribution in [2.45, 2.75) is 24.9 Å². The van der Waals surface area contributed by atoms with Gasteiger partial charge >= 0.3 is 12.1 Å². The molecule has 0 N–H and O–H groups in total. The summed E-state index contributed by atoms with van der Waals surface area (Å²) in [6.45, 7) is 0.648. The zero-order chi connectivity index (χ0) is 21.2. The number of hydrogen-bond donors (Lipinski definition) is 0. The summed E-state index contributed by atoms with van der Waals surface area (Å²) in [6.07, 6.45) is -3.87. The summed E-state index contributed by atoms with van der Waals surface area (Å²) >= 11 is 0. The van der Waals surface area contributed by atoms with E-state index in [0.717, 1.165) is 0 Å². The standard InChI is InChI=1S/C18H20F3N3O5/c1-26-12-5-4-11(13(27-2)14(12)28-3)16(25)24-8-6-10(7-9-24)15-22-23-17(29-15)18(19,20)21/h4-5,10H,6-9H2,1-3H3. The fourth-order valence-corrected chi connectivity index (χ4v) is 3.28. The molecule has 1 aromatic carbocycles. The van der Waals surface area contributed by atoms with Crippen molar-refractivity contribution in [1.29, 1.82) is 0 Å². The molecule has 0 spiro atoms. The Kier molecular flexibility index (Phi) is 5.85. The molecule has 0 aliphatic carbocycles. The van der Waals surface area contributed by atoms with E-state index in [1.807, 2.05) is 0 Å². The minimum Gasteiger partial charge on any atom is -0.493 e. The summed E-state index contributed by atoms with van der Waals surface area (Å²) in [7, 11) is 4.35. The van der Waals surface area contributed by atoms with Gasteiger partial charge in [-0.15, -0.1) is 10.2 Å². The van der Waals surface area contributed by atoms with Gasteiger partial charge in [-0.3, -0.25) is 4.79 Å². The number of hydrogen-bond acceptors (Lipinski definition) is 7. The van der Waals surface area contributed by atoms with Crippen molar-refractivity contribution < 1.29 is 36.6 Å². The topological polar surface area (TPSA) is 86.9 Å². The predicted molar refractivity (Wildman–Crippen MR) is 93.3 cm³/mol. The summed E-state index contributed by atoms with van der Waals surface area (Å²) in [5.41, 5.74) is 0.306. The second kappa shape index (κ2) is 8.18. The van der Waals surface area contributed by atoms with Crippen LogP contribution in [0.4, 0.5) is 13.2 Å². The Hall–Kier alpha value is -2.98. The van der Waals surface area contributed by atoms with Crippen LogP contribution in [-0.4, -0.2) is 55.4 Å². The Labute approximate surface area is 164 Å². The third-order valence-corrected chi connectivity index (χ3v) is 4.75. The van der Waals surface area contributed by atoms with Gasteiger partial charge in [-0.05, 0) is 25.0 Å². The molecule has 0 atom stereocenters. The second-order valence-corrected chi connectivity index (χ2v) is 6.39. The summed E-state index contributed by atoms with van der Waals surface area (Å²) in [6, 6.07) is 3.20. The van der Waals surface area contributed by atoms with Gasteiger partial charge in [0.25, 0.3) is 5.91 Å². The number of carbonyl (C=O) groups excluding carboxylic acids is 1. The molecule has 0 saturated carbocycles. The molecule has 29 heavy (non-hydrogen) atoms. The molecule has 2 heterocycles. The normalized spacial score (nSPS) is 15.3. The van der Waals surface area contributed by atoms with Crippen molar-refractivity contribution in [1.82, 2.24) is 15.1 Å². The van der Waals surface area contributed by atoms with E-state index in [1.165, 1.54) is 21.3 Å². The minimum absolute atomic E-state index is 0.0619. The molecule has 158 valence electrons. The number of halogens is 3. The Bertz CT molecular complexity index is 876. The number of alkyl halides is 3. The molecule has 11 heteroatoms. The Morgan fingerprint density at radius 1 is 1.07 bits per heavy atom. The van der Waals surface area contributed by atoms with Crippen molar-refractivity contribution in [2.24, 2.45) is 0 Å². The number of aromatic nitrogens is 2. The van der Waals surface area contributed by atoms with Crippen molar-refractivity contribution >= 4 is 5.91 Å². The first-order chi connectivity index (χ1) is 13.8. The van der Waals surface area contributed by atoms with E-state index in [0.29, 0.717) is 43.0 Å². The highest BCUT2D eigenvalue weighted by molar-refractivity contribution is 5.98. The lowest BCUT2D eigenvalue weighted by Gasteiger charge is -2.31. The zero-order valence-corrected chi connectivity index (χ0v) is 16.1. The summed E-state index contributed by atoms with van der Waals surface area (Å²) in [4.78, 5) is 14.6. The molecular formula is C18H20F3N3O5. The van der Waals surface area contributed by atoms with E-state index in [9.17, 15) is 18.0 Å². The Balaban J connectivity index is 1.73. The molecule has 1 amide bonds. The number of benzene rings is 1. The molecule has 0 unspecified atom stereocenters. The minimum atomic E-state index is -4.67. The molecule has 2 aromatic rings. The molecule has 1 saturated heterocycles. The molecule has 1 aliphatic rings. The van der Waals surface area contributed by atoms with Gasteiger partial charge in [0.05, 0.1) is 26.9 Å². The van der Waals surface area contributed by atoms with E-state index >= 15 is 0 Å². The van der Waals surface area contributed by atoms with Crippen molar-refractivity contribution in [2.75, 3.05) is 34.4 Å². The first-order valence-corrected chi connectivity index (χ1v) is 8.79. The van der Waals surface area contributed by atoms with E-state index in [1.54, 1.807) is 17.0 Å². The predicted octanol–water partition coefficient (Wildman–Crippen LogP) is 3.13. The van der Waals surface area contributed by atoms with Crippen LogP contribution in [0.5, 0.6) is 17.2 Å². The molecule has 3 rings (SSSR count). The monoisotopic (exact) mass is 415 g/mol. The molecular weight excluding hydrogens is 395 g/mol. The molecule has 1 fully saturated rings. The smallest absolute Gasteiger partial charge is 0.470 e. The Morgan fingerprint density at radius 3 is 2.24 bits per heavy atom. The number of likely N-dealkylation sites (tertiary alicyclic amines) is 1. The third-order valence-electron chi connectivity index (χ3n) is 4.75. The van der Waals surface area contributed by atoms with Crippen LogP contribution < -0.4 is 14.2 Å². The quantitative estimate of drug-likeness (QED) is 0.742. The SMILES string of the molecule is COc1ccc(C(=O)N2CCC(c3nnc(C(F)(F)F)o3)CC2)c(OC)c1OC. The number of carbonyl (C=O) groups is 1. The van der Waals surface area contributed by atoms with Crippen molar-refractivity contribution in [3.05, 3.63) is 29.5 Å². The van der Waals surface area contributed by atoms with E-state index in [-0.39, 0.29) is 23.5 Å². The molecule has 8 nitrogen and oxygen atoms in total. The van der Waals surface area contributed by atoms with E-state index in [4.69, 9.17) is 18.6 Å². The fourth-order valence-electron chi connectivity index (χ4n) is 3.28. The van der Waals surface area contributed by atoms with Crippen molar-refractivity contribution in [3.8, 4) is 17.2 Å². The first-order valence-electron chi connectivity index (χ1n) is 8.79. The molecule has 1 aliphatic heterocycles. The van der Waals surface area contributed by atoms with Crippen LogP contribution >= 0.6 is 0 Å². The average Bonchev–Trinajstić information content (AvgIpc) is 3.23. The largest absolute Gasteiger partial charge is 0.493 e. The average molecular weight is 415 g/mol. The summed E-state index contributed by atoms with van der Waals surface area (Å²) in [5, 5.41) is 6.57. The van der Waals surface area contributed by atoms with Gasteiger partial charge in [0.2, 0.25) is 11.6 Å². The van der Waals surface area contributed by atoms with Gasteiger partial charge in [0.1, 0.15) is 0 Å². The fraction of sp³-hybridized carbons (Fsp3) is 0.500. The van der Waals surface area contributed by atoms with Crippen LogP contribution in [0.3, 0.4) is 0 Å². The summed E-state index contributed by atoms with van der Waals surface area (Å²) < 4.78 is 58.5. The van der Waals surface area contributed by atoms with Gasteiger partial charge in [0, 0.05) is 19.0 Å². The first kappa shape index (κ1) is 20.7. The maximum Gasteiger partial charge on any atom is 0.470 e. The second-order valence-electron chi connectivity index (χ2n) is 6.39. The summed E-state index contributed by atoms with van der Waals surface area (Å²) in [5.74, 6) is -1.05. The maximum absolute atomic E-state index is 13.0. The van der Waals surface area contributed by atoms with Crippen LogP contribution in [0, 0.1) is 0 Å². The van der Waals surface area contributed by atoms with Gasteiger partial charge in [-0.2, -0.15) is 13.2 Å². The molecule has 1 aromatic heterocycles. The van der Waals surface area contributed by atoms with Crippen LogP contribution in [0.1, 0.15) is 40.9 Å². The number of methoxy groups -OCH3 is 3. The van der Waals surface area contributed by atoms with Crippen LogP contribution in [-0.2, 0) is 6.18 Å². The van der Waals surface area contributed by atoms with Crippen LogP contribution in [0.25, 0.3) is 0 Å². The van der Waals surface area contributed by atoms with Crippen LogP contribution in [0.2, 0.25) is 0 Å². The van der Waals surface area contributed by atoms with Gasteiger partial charge < -0.3 is 23.5 Å². The number of piperidine rings is 1. The number of rotatable bonds is 5. The highest BCUT2D eigenvalue weighted by atomic mass is 19.4. The highest BCUT2D eigenvalue weighted by Gasteiger charge is 2.39. The number of nitrogens with zero attached hydrogens (tertiary/aromatic N) is 3. The number of amides is 1. The third kappa shape index (κ3) is 4.08. The van der Waals surface area contributed by atoms with Gasteiger partial charge in [-0.1, -0.05) is 0 Å². The number of ether oxygens (including phenoxy) is 3. The van der Waals surface area contributed by atoms with Gasteiger partial charge in [-0.25, -0.2) is 0 Å². The lowest BCUT2D eigenvalue weighted by atomic mass is 9.96. The van der Waals surface area contributed by atoms with Crippen molar-refractivity contribution in [3.63, 3.8) is 0 Å². The molecule has 0 radical (unpaired) electrons.